The molecule has 0 saturated carbocycles. The van der Waals surface area contributed by atoms with Crippen LogP contribution in [0.5, 0.6) is 5.75 Å². The smallest absolute Gasteiger partial charge is 0.303 e. The summed E-state index contributed by atoms with van der Waals surface area (Å²) in [5, 5.41) is 8.78. The van der Waals surface area contributed by atoms with Gasteiger partial charge in [0.1, 0.15) is 5.75 Å². The molecule has 0 aliphatic heterocycles. The summed E-state index contributed by atoms with van der Waals surface area (Å²) < 4.78 is 5.40. The highest BCUT2D eigenvalue weighted by atomic mass is 16.5. The van der Waals surface area contributed by atoms with Gasteiger partial charge in [0.15, 0.2) is 0 Å². The molecule has 3 nitrogen and oxygen atoms in total. The largest absolute Gasteiger partial charge is 0.496 e. The van der Waals surface area contributed by atoms with E-state index in [-0.39, 0.29) is 6.42 Å². The first kappa shape index (κ1) is 14.1. The number of carbonyl (C=O) groups is 1. The van der Waals surface area contributed by atoms with Gasteiger partial charge in [-0.05, 0) is 36.1 Å². The molecule has 0 unspecified atom stereocenters. The number of carboxylic acid groups (broad SMARTS) is 1. The summed E-state index contributed by atoms with van der Waals surface area (Å²) in [5.41, 5.74) is 4.29. The Balaban J connectivity index is 2.40. The molecule has 0 heterocycles. The Labute approximate surface area is 118 Å². The van der Waals surface area contributed by atoms with Crippen molar-refractivity contribution in [3.8, 4) is 16.9 Å². The summed E-state index contributed by atoms with van der Waals surface area (Å²) in [6, 6.07) is 13.9. The van der Waals surface area contributed by atoms with Crippen LogP contribution in [0.15, 0.2) is 42.5 Å². The molecule has 0 amide bonds. The van der Waals surface area contributed by atoms with E-state index in [1.807, 2.05) is 43.3 Å². The third kappa shape index (κ3) is 3.18. The van der Waals surface area contributed by atoms with E-state index in [0.29, 0.717) is 6.42 Å². The van der Waals surface area contributed by atoms with Crippen LogP contribution in [0.3, 0.4) is 0 Å². The van der Waals surface area contributed by atoms with Gasteiger partial charge in [-0.3, -0.25) is 4.79 Å². The molecular formula is C17H18O3. The van der Waals surface area contributed by atoms with Crippen molar-refractivity contribution in [1.29, 1.82) is 0 Å². The molecule has 104 valence electrons. The van der Waals surface area contributed by atoms with Gasteiger partial charge in [0.05, 0.1) is 7.11 Å². The van der Waals surface area contributed by atoms with Crippen molar-refractivity contribution in [3.05, 3.63) is 53.6 Å². The van der Waals surface area contributed by atoms with Gasteiger partial charge in [0.2, 0.25) is 0 Å². The van der Waals surface area contributed by atoms with Crippen LogP contribution < -0.4 is 4.74 Å². The van der Waals surface area contributed by atoms with E-state index in [2.05, 4.69) is 6.07 Å². The summed E-state index contributed by atoms with van der Waals surface area (Å²) in [5.74, 6) is 0.0513. The molecule has 0 atom stereocenters. The van der Waals surface area contributed by atoms with Crippen LogP contribution in [0.2, 0.25) is 0 Å². The van der Waals surface area contributed by atoms with Crippen molar-refractivity contribution >= 4 is 5.97 Å². The average molecular weight is 270 g/mol. The molecule has 0 aliphatic rings. The van der Waals surface area contributed by atoms with Crippen LogP contribution in [0.4, 0.5) is 0 Å². The molecule has 20 heavy (non-hydrogen) atoms. The molecule has 0 spiro atoms. The van der Waals surface area contributed by atoms with Crippen molar-refractivity contribution in [2.45, 2.75) is 19.8 Å². The Morgan fingerprint density at radius 1 is 1.15 bits per heavy atom. The lowest BCUT2D eigenvalue weighted by molar-refractivity contribution is -0.136. The van der Waals surface area contributed by atoms with Gasteiger partial charge < -0.3 is 9.84 Å². The molecule has 2 rings (SSSR count). The molecule has 0 fully saturated rings. The van der Waals surface area contributed by atoms with Crippen molar-refractivity contribution in [2.24, 2.45) is 0 Å². The quantitative estimate of drug-likeness (QED) is 0.901. The van der Waals surface area contributed by atoms with Crippen LogP contribution in [0, 0.1) is 6.92 Å². The normalized spacial score (nSPS) is 10.3. The molecule has 0 saturated heterocycles. The number of hydrogen-bond donors (Lipinski definition) is 1. The molecule has 0 aliphatic carbocycles. The number of methoxy groups -OCH3 is 1. The highest BCUT2D eigenvalue weighted by Crippen LogP contribution is 2.32. The maximum Gasteiger partial charge on any atom is 0.303 e. The van der Waals surface area contributed by atoms with Gasteiger partial charge in [0, 0.05) is 12.0 Å². The van der Waals surface area contributed by atoms with Crippen molar-refractivity contribution in [3.63, 3.8) is 0 Å². The number of aliphatic carboxylic acids is 1. The fourth-order valence-electron chi connectivity index (χ4n) is 2.23. The SMILES string of the molecule is COc1ccccc1-c1cc(CCC(=O)O)ccc1C. The van der Waals surface area contributed by atoms with Gasteiger partial charge in [-0.2, -0.15) is 0 Å². The number of carboxylic acids is 1. The van der Waals surface area contributed by atoms with Gasteiger partial charge in [0.25, 0.3) is 0 Å². The van der Waals surface area contributed by atoms with Crippen molar-refractivity contribution in [1.82, 2.24) is 0 Å². The van der Waals surface area contributed by atoms with Crippen LogP contribution >= 0.6 is 0 Å². The topological polar surface area (TPSA) is 46.5 Å². The number of rotatable bonds is 5. The maximum atomic E-state index is 10.7. The number of benzene rings is 2. The van der Waals surface area contributed by atoms with Gasteiger partial charge in [-0.25, -0.2) is 0 Å². The number of ether oxygens (including phenoxy) is 1. The van der Waals surface area contributed by atoms with Crippen LogP contribution in [-0.2, 0) is 11.2 Å². The van der Waals surface area contributed by atoms with E-state index in [1.165, 1.54) is 0 Å². The Bertz CT molecular complexity index is 617. The summed E-state index contributed by atoms with van der Waals surface area (Å²) in [6.45, 7) is 2.04. The summed E-state index contributed by atoms with van der Waals surface area (Å²) in [6.07, 6.45) is 0.687. The molecular weight excluding hydrogens is 252 g/mol. The van der Waals surface area contributed by atoms with E-state index in [1.54, 1.807) is 7.11 Å². The average Bonchev–Trinajstić information content (AvgIpc) is 2.46. The zero-order valence-electron chi connectivity index (χ0n) is 11.7. The summed E-state index contributed by atoms with van der Waals surface area (Å²) >= 11 is 0. The lowest BCUT2D eigenvalue weighted by atomic mass is 9.96. The molecule has 3 heteroatoms. The fraction of sp³-hybridized carbons (Fsp3) is 0.235. The van der Waals surface area contributed by atoms with E-state index in [9.17, 15) is 4.79 Å². The Hall–Kier alpha value is -2.29. The molecule has 2 aromatic carbocycles. The minimum atomic E-state index is -0.774. The second-order valence-electron chi connectivity index (χ2n) is 4.74. The minimum Gasteiger partial charge on any atom is -0.496 e. The predicted molar refractivity (Wildman–Crippen MR) is 79.1 cm³/mol. The molecule has 0 aromatic heterocycles. The van der Waals surface area contributed by atoms with E-state index in [4.69, 9.17) is 9.84 Å². The standard InChI is InChI=1S/C17H18O3/c1-12-7-8-13(9-10-17(18)19)11-15(12)14-5-3-4-6-16(14)20-2/h3-8,11H,9-10H2,1-2H3,(H,18,19). The number of para-hydroxylation sites is 1. The highest BCUT2D eigenvalue weighted by Gasteiger charge is 2.09. The lowest BCUT2D eigenvalue weighted by Gasteiger charge is -2.12. The van der Waals surface area contributed by atoms with Crippen LogP contribution in [0.1, 0.15) is 17.5 Å². The van der Waals surface area contributed by atoms with Gasteiger partial charge in [-0.1, -0.05) is 36.4 Å². The zero-order valence-corrected chi connectivity index (χ0v) is 11.7. The zero-order chi connectivity index (χ0) is 14.5. The Morgan fingerprint density at radius 2 is 1.90 bits per heavy atom. The van der Waals surface area contributed by atoms with E-state index in [0.717, 1.165) is 28.0 Å². The summed E-state index contributed by atoms with van der Waals surface area (Å²) in [4.78, 5) is 10.7. The first-order chi connectivity index (χ1) is 9.61. The molecule has 2 aromatic rings. The van der Waals surface area contributed by atoms with Crippen molar-refractivity contribution < 1.29 is 14.6 Å². The second kappa shape index (κ2) is 6.24. The third-order valence-electron chi connectivity index (χ3n) is 3.33. The first-order valence-corrected chi connectivity index (χ1v) is 6.56. The van der Waals surface area contributed by atoms with Crippen LogP contribution in [0.25, 0.3) is 11.1 Å². The van der Waals surface area contributed by atoms with Crippen molar-refractivity contribution in [2.75, 3.05) is 7.11 Å². The first-order valence-electron chi connectivity index (χ1n) is 6.56. The van der Waals surface area contributed by atoms with Gasteiger partial charge in [-0.15, -0.1) is 0 Å². The lowest BCUT2D eigenvalue weighted by Crippen LogP contribution is -1.98. The Kier molecular flexibility index (Phi) is 4.41. The van der Waals surface area contributed by atoms with E-state index < -0.39 is 5.97 Å². The molecule has 0 radical (unpaired) electrons. The highest BCUT2D eigenvalue weighted by molar-refractivity contribution is 5.74. The second-order valence-corrected chi connectivity index (χ2v) is 4.74. The van der Waals surface area contributed by atoms with Crippen LogP contribution in [-0.4, -0.2) is 18.2 Å². The monoisotopic (exact) mass is 270 g/mol. The predicted octanol–water partition coefficient (Wildman–Crippen LogP) is 3.69. The van der Waals surface area contributed by atoms with E-state index >= 15 is 0 Å². The minimum absolute atomic E-state index is 0.147. The fourth-order valence-corrected chi connectivity index (χ4v) is 2.23. The third-order valence-corrected chi connectivity index (χ3v) is 3.33. The maximum absolute atomic E-state index is 10.7. The molecule has 1 N–H and O–H groups in total. The molecule has 0 bridgehead atoms. The summed E-state index contributed by atoms with van der Waals surface area (Å²) in [7, 11) is 1.66. The number of aryl methyl sites for hydroxylation is 2. The van der Waals surface area contributed by atoms with Gasteiger partial charge >= 0.3 is 5.97 Å². The number of hydrogen-bond acceptors (Lipinski definition) is 2. The Morgan fingerprint density at radius 3 is 2.60 bits per heavy atom.